The standard InChI is InChI=1S/C22H27N5O2/c1-21(2,3)17-15(10-11-16(28)18(17)22(4,5)6)23-20(29)14-9-7-8-13(12-14)19-24-26-27-25-19/h7-12,28H,1-6H3,(H,23,29)(H,24,25,26,27). The average Bonchev–Trinajstić information content (AvgIpc) is 3.16. The number of tetrazole rings is 1. The lowest BCUT2D eigenvalue weighted by Crippen LogP contribution is -2.25. The summed E-state index contributed by atoms with van der Waals surface area (Å²) in [5, 5.41) is 27.5. The van der Waals surface area contributed by atoms with E-state index in [1.54, 1.807) is 30.3 Å². The molecule has 29 heavy (non-hydrogen) atoms. The first-order valence-corrected chi connectivity index (χ1v) is 9.50. The number of nitrogens with one attached hydrogen (secondary N) is 2. The number of anilines is 1. The molecule has 7 nitrogen and oxygen atoms in total. The molecule has 152 valence electrons. The summed E-state index contributed by atoms with van der Waals surface area (Å²) in [6, 6.07) is 10.5. The summed E-state index contributed by atoms with van der Waals surface area (Å²) in [5.74, 6) is 0.417. The van der Waals surface area contributed by atoms with E-state index in [9.17, 15) is 9.90 Å². The lowest BCUT2D eigenvalue weighted by atomic mass is 9.74. The van der Waals surface area contributed by atoms with Crippen molar-refractivity contribution < 1.29 is 9.90 Å². The van der Waals surface area contributed by atoms with Crippen molar-refractivity contribution in [3.05, 3.63) is 53.1 Å². The molecule has 0 atom stereocenters. The molecule has 0 saturated carbocycles. The van der Waals surface area contributed by atoms with Crippen molar-refractivity contribution >= 4 is 11.6 Å². The highest BCUT2D eigenvalue weighted by molar-refractivity contribution is 6.05. The van der Waals surface area contributed by atoms with Gasteiger partial charge in [-0.2, -0.15) is 5.21 Å². The maximum atomic E-state index is 13.0. The Morgan fingerprint density at radius 2 is 1.69 bits per heavy atom. The number of aromatic nitrogens is 4. The molecule has 1 aromatic heterocycles. The Morgan fingerprint density at radius 1 is 1.00 bits per heavy atom. The molecule has 0 fully saturated rings. The van der Waals surface area contributed by atoms with Crippen LogP contribution in [0.5, 0.6) is 5.75 Å². The molecular formula is C22H27N5O2. The number of phenols is 1. The van der Waals surface area contributed by atoms with Crippen molar-refractivity contribution in [3.8, 4) is 17.1 Å². The van der Waals surface area contributed by atoms with Crippen LogP contribution in [0.1, 0.15) is 63.0 Å². The van der Waals surface area contributed by atoms with Crippen LogP contribution in [-0.4, -0.2) is 31.6 Å². The highest BCUT2D eigenvalue weighted by Crippen LogP contribution is 2.43. The minimum absolute atomic E-state index is 0.236. The topological polar surface area (TPSA) is 104 Å². The van der Waals surface area contributed by atoms with Gasteiger partial charge in [0.05, 0.1) is 0 Å². The number of amides is 1. The van der Waals surface area contributed by atoms with E-state index in [1.807, 2.05) is 6.07 Å². The second-order valence-corrected chi connectivity index (χ2v) is 9.15. The van der Waals surface area contributed by atoms with Crippen molar-refractivity contribution in [2.24, 2.45) is 0 Å². The van der Waals surface area contributed by atoms with Crippen molar-refractivity contribution in [1.82, 2.24) is 20.6 Å². The molecule has 0 aliphatic carbocycles. The van der Waals surface area contributed by atoms with Crippen molar-refractivity contribution in [2.45, 2.75) is 52.4 Å². The predicted molar refractivity (Wildman–Crippen MR) is 113 cm³/mol. The summed E-state index contributed by atoms with van der Waals surface area (Å²) >= 11 is 0. The first-order valence-electron chi connectivity index (χ1n) is 9.50. The Balaban J connectivity index is 2.03. The summed E-state index contributed by atoms with van der Waals surface area (Å²) in [4.78, 5) is 13.0. The molecule has 0 unspecified atom stereocenters. The zero-order valence-corrected chi connectivity index (χ0v) is 17.7. The van der Waals surface area contributed by atoms with Crippen molar-refractivity contribution in [1.29, 1.82) is 0 Å². The number of benzene rings is 2. The average molecular weight is 393 g/mol. The quantitative estimate of drug-likeness (QED) is 0.572. The third-order valence-electron chi connectivity index (χ3n) is 4.66. The van der Waals surface area contributed by atoms with Crippen LogP contribution in [0.2, 0.25) is 0 Å². The minimum atomic E-state index is -0.286. The lowest BCUT2D eigenvalue weighted by molar-refractivity contribution is 0.102. The van der Waals surface area contributed by atoms with E-state index in [4.69, 9.17) is 0 Å². The maximum absolute atomic E-state index is 13.0. The van der Waals surface area contributed by atoms with Gasteiger partial charge in [-0.3, -0.25) is 4.79 Å². The molecule has 3 rings (SSSR count). The van der Waals surface area contributed by atoms with Crippen LogP contribution in [0.25, 0.3) is 11.4 Å². The van der Waals surface area contributed by atoms with E-state index >= 15 is 0 Å². The molecule has 0 spiro atoms. The van der Waals surface area contributed by atoms with Gasteiger partial charge in [-0.15, -0.1) is 10.2 Å². The van der Waals surface area contributed by atoms with Crippen LogP contribution in [0.15, 0.2) is 36.4 Å². The summed E-state index contributed by atoms with van der Waals surface area (Å²) < 4.78 is 0. The fraction of sp³-hybridized carbons (Fsp3) is 0.364. The SMILES string of the molecule is CC(C)(C)c1c(O)ccc(NC(=O)c2cccc(-c3nn[nH]n3)c2)c1C(C)(C)C. The van der Waals surface area contributed by atoms with E-state index in [2.05, 4.69) is 67.5 Å². The van der Waals surface area contributed by atoms with Crippen LogP contribution in [-0.2, 0) is 10.8 Å². The molecule has 0 aliphatic heterocycles. The number of nitrogens with zero attached hydrogens (tertiary/aromatic N) is 3. The Morgan fingerprint density at radius 3 is 2.28 bits per heavy atom. The van der Waals surface area contributed by atoms with Gasteiger partial charge in [-0.1, -0.05) is 53.7 Å². The number of phenolic OH excluding ortho intramolecular Hbond substituents is 1. The van der Waals surface area contributed by atoms with E-state index in [0.29, 0.717) is 22.6 Å². The van der Waals surface area contributed by atoms with Crippen LogP contribution >= 0.6 is 0 Å². The zero-order chi connectivity index (χ0) is 21.4. The van der Waals surface area contributed by atoms with E-state index in [-0.39, 0.29) is 22.5 Å². The van der Waals surface area contributed by atoms with E-state index < -0.39 is 0 Å². The van der Waals surface area contributed by atoms with Crippen LogP contribution in [0.4, 0.5) is 5.69 Å². The lowest BCUT2D eigenvalue weighted by Gasteiger charge is -2.33. The number of aromatic hydroxyl groups is 1. The molecular weight excluding hydrogens is 366 g/mol. The number of rotatable bonds is 3. The van der Waals surface area contributed by atoms with Gasteiger partial charge in [-0.25, -0.2) is 0 Å². The minimum Gasteiger partial charge on any atom is -0.508 e. The first-order chi connectivity index (χ1) is 13.5. The molecule has 0 saturated heterocycles. The number of hydrogen-bond acceptors (Lipinski definition) is 5. The molecule has 1 amide bonds. The summed E-state index contributed by atoms with van der Waals surface area (Å²) in [6.45, 7) is 12.4. The first kappa shape index (κ1) is 20.5. The Kier molecular flexibility index (Phi) is 5.17. The molecule has 0 bridgehead atoms. The van der Waals surface area contributed by atoms with Gasteiger partial charge in [-0.05, 0) is 45.9 Å². The molecule has 1 heterocycles. The highest BCUT2D eigenvalue weighted by Gasteiger charge is 2.31. The maximum Gasteiger partial charge on any atom is 0.255 e. The number of carbonyl (C=O) groups is 1. The third kappa shape index (κ3) is 4.29. The van der Waals surface area contributed by atoms with Crippen molar-refractivity contribution in [2.75, 3.05) is 5.32 Å². The summed E-state index contributed by atoms with van der Waals surface area (Å²) in [5.41, 5.74) is 3.06. The fourth-order valence-electron chi connectivity index (χ4n) is 3.51. The molecule has 0 radical (unpaired) electrons. The van der Waals surface area contributed by atoms with Crippen molar-refractivity contribution in [3.63, 3.8) is 0 Å². The Labute approximate surface area is 170 Å². The van der Waals surface area contributed by atoms with Gasteiger partial charge in [0, 0.05) is 22.4 Å². The van der Waals surface area contributed by atoms with Crippen LogP contribution in [0, 0.1) is 0 Å². The van der Waals surface area contributed by atoms with Crippen LogP contribution in [0.3, 0.4) is 0 Å². The summed E-state index contributed by atoms with van der Waals surface area (Å²) in [7, 11) is 0. The van der Waals surface area contributed by atoms with Gasteiger partial charge in [0.15, 0.2) is 0 Å². The number of aromatic amines is 1. The molecule has 0 aliphatic rings. The Hall–Kier alpha value is -3.22. The number of hydrogen-bond donors (Lipinski definition) is 3. The number of carbonyl (C=O) groups excluding carboxylic acids is 1. The third-order valence-corrected chi connectivity index (χ3v) is 4.66. The zero-order valence-electron chi connectivity index (χ0n) is 17.7. The molecule has 2 aromatic carbocycles. The van der Waals surface area contributed by atoms with Crippen LogP contribution < -0.4 is 5.32 Å². The Bertz CT molecular complexity index is 1030. The second-order valence-electron chi connectivity index (χ2n) is 9.15. The van der Waals surface area contributed by atoms with Gasteiger partial charge >= 0.3 is 0 Å². The second kappa shape index (κ2) is 7.31. The van der Waals surface area contributed by atoms with Gasteiger partial charge < -0.3 is 10.4 Å². The van der Waals surface area contributed by atoms with E-state index in [1.165, 1.54) is 0 Å². The number of H-pyrrole nitrogens is 1. The van der Waals surface area contributed by atoms with Gasteiger partial charge in [0.25, 0.3) is 5.91 Å². The van der Waals surface area contributed by atoms with Gasteiger partial charge in [0.2, 0.25) is 5.82 Å². The summed E-state index contributed by atoms with van der Waals surface area (Å²) in [6.07, 6.45) is 0. The van der Waals surface area contributed by atoms with E-state index in [0.717, 1.165) is 11.1 Å². The fourth-order valence-corrected chi connectivity index (χ4v) is 3.51. The predicted octanol–water partition coefficient (Wildman–Crippen LogP) is 4.42. The normalized spacial score (nSPS) is 12.1. The molecule has 3 N–H and O–H groups in total. The largest absolute Gasteiger partial charge is 0.508 e. The smallest absolute Gasteiger partial charge is 0.255 e. The monoisotopic (exact) mass is 393 g/mol. The van der Waals surface area contributed by atoms with Gasteiger partial charge in [0.1, 0.15) is 5.75 Å². The highest BCUT2D eigenvalue weighted by atomic mass is 16.3. The molecule has 3 aromatic rings. The molecule has 7 heteroatoms.